The number of aliphatic hydroxyl groups is 1. The van der Waals surface area contributed by atoms with Crippen LogP contribution < -0.4 is 10.6 Å². The minimum absolute atomic E-state index is 0.000509. The molecule has 3 N–H and O–H groups in total. The van der Waals surface area contributed by atoms with Crippen molar-refractivity contribution in [2.24, 2.45) is 0 Å². The molecule has 1 unspecified atom stereocenters. The van der Waals surface area contributed by atoms with E-state index in [1.165, 1.54) is 12.1 Å². The molecule has 19 heavy (non-hydrogen) atoms. The average molecular weight is 266 g/mol. The molecule has 0 saturated heterocycles. The number of halogens is 1. The van der Waals surface area contributed by atoms with E-state index in [1.54, 1.807) is 12.1 Å². The molecule has 0 radical (unpaired) electrons. The largest absolute Gasteiger partial charge is 0.386 e. The minimum Gasteiger partial charge on any atom is -0.386 e. The Morgan fingerprint density at radius 1 is 1.37 bits per heavy atom. The summed E-state index contributed by atoms with van der Waals surface area (Å²) in [5.74, 6) is -0.465. The van der Waals surface area contributed by atoms with E-state index in [0.29, 0.717) is 0 Å². The van der Waals surface area contributed by atoms with Crippen molar-refractivity contribution < 1.29 is 14.3 Å². The molecule has 0 bridgehead atoms. The molecule has 1 atom stereocenters. The second-order valence-electron chi connectivity index (χ2n) is 4.87. The Labute approximate surface area is 112 Å². The molecule has 0 heterocycles. The van der Waals surface area contributed by atoms with Crippen molar-refractivity contribution in [2.75, 3.05) is 6.54 Å². The number of benzene rings is 1. The fourth-order valence-corrected chi connectivity index (χ4v) is 2.35. The van der Waals surface area contributed by atoms with Gasteiger partial charge in [-0.1, -0.05) is 31.0 Å². The van der Waals surface area contributed by atoms with Gasteiger partial charge in [-0.2, -0.15) is 0 Å². The van der Waals surface area contributed by atoms with E-state index in [1.807, 2.05) is 0 Å². The second kappa shape index (κ2) is 6.52. The molecular weight excluding hydrogens is 247 g/mol. The molecule has 1 saturated carbocycles. The smallest absolute Gasteiger partial charge is 0.315 e. The molecular formula is C14H19FN2O2. The molecule has 2 amide bonds. The minimum atomic E-state index is -1.03. The maximum Gasteiger partial charge on any atom is 0.315 e. The summed E-state index contributed by atoms with van der Waals surface area (Å²) >= 11 is 0. The summed E-state index contributed by atoms with van der Waals surface area (Å²) in [5, 5.41) is 15.2. The van der Waals surface area contributed by atoms with Crippen LogP contribution in [0, 0.1) is 5.82 Å². The quantitative estimate of drug-likeness (QED) is 0.781. The van der Waals surface area contributed by atoms with Crippen molar-refractivity contribution in [2.45, 2.75) is 37.8 Å². The number of hydrogen-bond acceptors (Lipinski definition) is 2. The molecule has 1 aliphatic carbocycles. The standard InChI is InChI=1S/C14H19FN2O2/c15-12-8-4-3-7-11(12)13(18)9-16-14(19)17-10-5-1-2-6-10/h3-4,7-8,10,13,18H,1-2,5-6,9H2,(H2,16,17,19). The first kappa shape index (κ1) is 13.8. The van der Waals surface area contributed by atoms with Gasteiger partial charge in [0, 0.05) is 18.2 Å². The summed E-state index contributed by atoms with van der Waals surface area (Å²) in [5.41, 5.74) is 0.198. The van der Waals surface area contributed by atoms with Crippen LogP contribution in [0.2, 0.25) is 0 Å². The van der Waals surface area contributed by atoms with Crippen LogP contribution in [0.1, 0.15) is 37.4 Å². The molecule has 0 aliphatic heterocycles. The van der Waals surface area contributed by atoms with E-state index >= 15 is 0 Å². The fraction of sp³-hybridized carbons (Fsp3) is 0.500. The zero-order valence-corrected chi connectivity index (χ0v) is 10.7. The van der Waals surface area contributed by atoms with Crippen molar-refractivity contribution in [1.29, 1.82) is 0 Å². The van der Waals surface area contributed by atoms with Crippen LogP contribution in [0.15, 0.2) is 24.3 Å². The topological polar surface area (TPSA) is 61.4 Å². The van der Waals surface area contributed by atoms with Crippen LogP contribution >= 0.6 is 0 Å². The summed E-state index contributed by atoms with van der Waals surface area (Å²) < 4.78 is 13.4. The lowest BCUT2D eigenvalue weighted by Gasteiger charge is -2.16. The van der Waals surface area contributed by atoms with Crippen molar-refractivity contribution in [3.8, 4) is 0 Å². The van der Waals surface area contributed by atoms with Crippen molar-refractivity contribution in [1.82, 2.24) is 10.6 Å². The highest BCUT2D eigenvalue weighted by Gasteiger charge is 2.18. The number of carbonyl (C=O) groups is 1. The third-order valence-corrected chi connectivity index (χ3v) is 3.41. The maximum absolute atomic E-state index is 13.4. The number of urea groups is 1. The first-order valence-electron chi connectivity index (χ1n) is 6.63. The Hall–Kier alpha value is -1.62. The number of amides is 2. The Bertz CT molecular complexity index is 433. The normalized spacial score (nSPS) is 17.2. The number of aliphatic hydroxyl groups excluding tert-OH is 1. The first-order chi connectivity index (χ1) is 9.16. The zero-order chi connectivity index (χ0) is 13.7. The van der Waals surface area contributed by atoms with Crippen molar-refractivity contribution >= 4 is 6.03 Å². The molecule has 0 spiro atoms. The van der Waals surface area contributed by atoms with Crippen molar-refractivity contribution in [3.63, 3.8) is 0 Å². The highest BCUT2D eigenvalue weighted by Crippen LogP contribution is 2.18. The summed E-state index contributed by atoms with van der Waals surface area (Å²) in [6.07, 6.45) is 3.26. The van der Waals surface area contributed by atoms with Crippen molar-refractivity contribution in [3.05, 3.63) is 35.6 Å². The van der Waals surface area contributed by atoms with Gasteiger partial charge in [0.15, 0.2) is 0 Å². The first-order valence-corrected chi connectivity index (χ1v) is 6.63. The lowest BCUT2D eigenvalue weighted by Crippen LogP contribution is -2.42. The molecule has 5 heteroatoms. The molecule has 1 aliphatic rings. The summed E-state index contributed by atoms with van der Waals surface area (Å²) in [6, 6.07) is 5.94. The number of hydrogen-bond donors (Lipinski definition) is 3. The predicted molar refractivity (Wildman–Crippen MR) is 70.2 cm³/mol. The van der Waals surface area contributed by atoms with Gasteiger partial charge in [0.25, 0.3) is 0 Å². The highest BCUT2D eigenvalue weighted by atomic mass is 19.1. The zero-order valence-electron chi connectivity index (χ0n) is 10.7. The lowest BCUT2D eigenvalue weighted by atomic mass is 10.1. The summed E-state index contributed by atoms with van der Waals surface area (Å²) in [7, 11) is 0. The Balaban J connectivity index is 1.78. The lowest BCUT2D eigenvalue weighted by molar-refractivity contribution is 0.168. The van der Waals surface area contributed by atoms with Gasteiger partial charge in [0.1, 0.15) is 5.82 Å². The average Bonchev–Trinajstić information content (AvgIpc) is 2.89. The monoisotopic (exact) mass is 266 g/mol. The number of carbonyl (C=O) groups excluding carboxylic acids is 1. The Morgan fingerprint density at radius 3 is 2.74 bits per heavy atom. The van der Waals surface area contributed by atoms with Gasteiger partial charge in [0.05, 0.1) is 6.10 Å². The van der Waals surface area contributed by atoms with Gasteiger partial charge >= 0.3 is 6.03 Å². The van der Waals surface area contributed by atoms with Gasteiger partial charge in [-0.05, 0) is 18.9 Å². The SMILES string of the molecule is O=C(NCC(O)c1ccccc1F)NC1CCCC1. The van der Waals surface area contributed by atoms with Gasteiger partial charge in [-0.25, -0.2) is 9.18 Å². The van der Waals surface area contributed by atoms with E-state index in [4.69, 9.17) is 0 Å². The van der Waals surface area contributed by atoms with Gasteiger partial charge < -0.3 is 15.7 Å². The molecule has 2 rings (SSSR count). The van der Waals surface area contributed by atoms with E-state index in [-0.39, 0.29) is 24.2 Å². The highest BCUT2D eigenvalue weighted by molar-refractivity contribution is 5.74. The van der Waals surface area contributed by atoms with E-state index < -0.39 is 11.9 Å². The van der Waals surface area contributed by atoms with Crippen LogP contribution in [0.25, 0.3) is 0 Å². The number of rotatable bonds is 4. The van der Waals surface area contributed by atoms with E-state index in [0.717, 1.165) is 25.7 Å². The van der Waals surface area contributed by atoms with Gasteiger partial charge in [-0.15, -0.1) is 0 Å². The van der Waals surface area contributed by atoms with E-state index in [2.05, 4.69) is 10.6 Å². The predicted octanol–water partition coefficient (Wildman–Crippen LogP) is 2.10. The molecule has 104 valence electrons. The molecule has 1 fully saturated rings. The Kier molecular flexibility index (Phi) is 4.74. The van der Waals surface area contributed by atoms with Gasteiger partial charge in [0.2, 0.25) is 0 Å². The summed E-state index contributed by atoms with van der Waals surface area (Å²) in [6.45, 7) is -0.000509. The van der Waals surface area contributed by atoms with Crippen LogP contribution in [0.5, 0.6) is 0 Å². The van der Waals surface area contributed by atoms with Gasteiger partial charge in [-0.3, -0.25) is 0 Å². The van der Waals surface area contributed by atoms with Crippen LogP contribution in [0.4, 0.5) is 9.18 Å². The fourth-order valence-electron chi connectivity index (χ4n) is 2.35. The molecule has 1 aromatic rings. The molecule has 1 aromatic carbocycles. The number of nitrogens with one attached hydrogen (secondary N) is 2. The second-order valence-corrected chi connectivity index (χ2v) is 4.87. The molecule has 4 nitrogen and oxygen atoms in total. The van der Waals surface area contributed by atoms with E-state index in [9.17, 15) is 14.3 Å². The third kappa shape index (κ3) is 3.92. The maximum atomic E-state index is 13.4. The van der Waals surface area contributed by atoms with Crippen LogP contribution in [-0.2, 0) is 0 Å². The van der Waals surface area contributed by atoms with Crippen LogP contribution in [0.3, 0.4) is 0 Å². The Morgan fingerprint density at radius 2 is 2.05 bits per heavy atom. The van der Waals surface area contributed by atoms with Crippen LogP contribution in [-0.4, -0.2) is 23.7 Å². The summed E-state index contributed by atoms with van der Waals surface area (Å²) in [4.78, 5) is 11.6. The third-order valence-electron chi connectivity index (χ3n) is 3.41. The molecule has 0 aromatic heterocycles.